The van der Waals surface area contributed by atoms with Crippen LogP contribution in [-0.4, -0.2) is 5.91 Å². The van der Waals surface area contributed by atoms with Crippen LogP contribution in [0.5, 0.6) is 0 Å². The maximum Gasteiger partial charge on any atom is 0.248 e. The molecule has 0 fully saturated rings. The van der Waals surface area contributed by atoms with E-state index in [0.29, 0.717) is 11.3 Å². The average Bonchev–Trinajstić information content (AvgIpc) is 2.98. The molecule has 0 aliphatic rings. The fourth-order valence-electron chi connectivity index (χ4n) is 1.54. The Labute approximate surface area is 120 Å². The molecule has 5 heteroatoms. The van der Waals surface area contributed by atoms with Crippen molar-refractivity contribution in [1.82, 2.24) is 0 Å². The van der Waals surface area contributed by atoms with Crippen molar-refractivity contribution >= 4 is 29.0 Å². The zero-order chi connectivity index (χ0) is 14.4. The Morgan fingerprint density at radius 1 is 1.20 bits per heavy atom. The highest BCUT2D eigenvalue weighted by molar-refractivity contribution is 7.10. The van der Waals surface area contributed by atoms with Crippen LogP contribution < -0.4 is 5.32 Å². The normalized spacial score (nSPS) is 9.90. The van der Waals surface area contributed by atoms with E-state index in [1.807, 2.05) is 29.7 Å². The van der Waals surface area contributed by atoms with Crippen LogP contribution in [-0.2, 0) is 4.79 Å². The zero-order valence-corrected chi connectivity index (χ0v) is 11.1. The molecule has 1 heterocycles. The Kier molecular flexibility index (Phi) is 4.28. The van der Waals surface area contributed by atoms with E-state index in [1.54, 1.807) is 12.1 Å². The summed E-state index contributed by atoms with van der Waals surface area (Å²) in [6.45, 7) is 0. The van der Waals surface area contributed by atoms with Gasteiger partial charge in [-0.25, -0.2) is 0 Å². The third kappa shape index (κ3) is 3.32. The number of anilines is 1. The topological polar surface area (TPSA) is 76.7 Å². The SMILES string of the molecule is N#Cc1ccc(NC(=O)C=Cc2cccs2)cc1C#N. The van der Waals surface area contributed by atoms with E-state index >= 15 is 0 Å². The van der Waals surface area contributed by atoms with Gasteiger partial charge in [0.05, 0.1) is 11.1 Å². The zero-order valence-electron chi connectivity index (χ0n) is 10.3. The van der Waals surface area contributed by atoms with Crippen molar-refractivity contribution in [3.63, 3.8) is 0 Å². The molecule has 0 unspecified atom stereocenters. The second-order valence-electron chi connectivity index (χ2n) is 3.82. The van der Waals surface area contributed by atoms with Gasteiger partial charge in [-0.3, -0.25) is 4.79 Å². The Balaban J connectivity index is 2.09. The van der Waals surface area contributed by atoms with Gasteiger partial charge in [0.15, 0.2) is 0 Å². The molecule has 0 aliphatic carbocycles. The lowest BCUT2D eigenvalue weighted by Crippen LogP contribution is -2.07. The number of thiophene rings is 1. The summed E-state index contributed by atoms with van der Waals surface area (Å²) in [5.74, 6) is -0.285. The number of hydrogen-bond donors (Lipinski definition) is 1. The van der Waals surface area contributed by atoms with Crippen LogP contribution in [0.3, 0.4) is 0 Å². The standard InChI is InChI=1S/C15H9N3OS/c16-9-11-3-4-13(8-12(11)10-17)18-15(19)6-5-14-2-1-7-20-14/h1-8H,(H,18,19). The Morgan fingerprint density at radius 3 is 2.65 bits per heavy atom. The minimum Gasteiger partial charge on any atom is -0.322 e. The minimum absolute atomic E-state index is 0.243. The lowest BCUT2D eigenvalue weighted by Gasteiger charge is -2.03. The van der Waals surface area contributed by atoms with E-state index in [4.69, 9.17) is 10.5 Å². The van der Waals surface area contributed by atoms with Gasteiger partial charge >= 0.3 is 0 Å². The van der Waals surface area contributed by atoms with Crippen LogP contribution in [0, 0.1) is 22.7 Å². The number of amides is 1. The number of carbonyl (C=O) groups excluding carboxylic acids is 1. The van der Waals surface area contributed by atoms with Crippen molar-refractivity contribution in [2.75, 3.05) is 5.32 Å². The number of benzene rings is 1. The Hall–Kier alpha value is -2.89. The highest BCUT2D eigenvalue weighted by atomic mass is 32.1. The maximum absolute atomic E-state index is 11.7. The van der Waals surface area contributed by atoms with Crippen LogP contribution in [0.4, 0.5) is 5.69 Å². The summed E-state index contributed by atoms with van der Waals surface area (Å²) < 4.78 is 0. The van der Waals surface area contributed by atoms with Gasteiger partial charge in [-0.15, -0.1) is 11.3 Å². The van der Waals surface area contributed by atoms with Crippen molar-refractivity contribution < 1.29 is 4.79 Å². The second kappa shape index (κ2) is 6.33. The average molecular weight is 279 g/mol. The molecule has 0 bridgehead atoms. The second-order valence-corrected chi connectivity index (χ2v) is 4.80. The molecule has 2 rings (SSSR count). The maximum atomic E-state index is 11.7. The van der Waals surface area contributed by atoms with Gasteiger partial charge in [0.1, 0.15) is 12.1 Å². The van der Waals surface area contributed by atoms with Crippen molar-refractivity contribution in [1.29, 1.82) is 10.5 Å². The number of hydrogen-bond acceptors (Lipinski definition) is 4. The summed E-state index contributed by atoms with van der Waals surface area (Å²) in [5, 5.41) is 22.3. The fourth-order valence-corrected chi connectivity index (χ4v) is 2.16. The summed E-state index contributed by atoms with van der Waals surface area (Å²) in [5.41, 5.74) is 1.02. The van der Waals surface area contributed by atoms with E-state index in [-0.39, 0.29) is 11.5 Å². The van der Waals surface area contributed by atoms with Gasteiger partial charge < -0.3 is 5.32 Å². The molecule has 0 aliphatic heterocycles. The summed E-state index contributed by atoms with van der Waals surface area (Å²) >= 11 is 1.54. The van der Waals surface area contributed by atoms with E-state index in [9.17, 15) is 4.79 Å². The summed E-state index contributed by atoms with van der Waals surface area (Å²) in [7, 11) is 0. The molecule has 4 nitrogen and oxygen atoms in total. The molecule has 0 saturated heterocycles. The fraction of sp³-hybridized carbons (Fsp3) is 0. The molecule has 0 spiro atoms. The summed E-state index contributed by atoms with van der Waals surface area (Å²) in [6.07, 6.45) is 3.14. The predicted octanol–water partition coefficient (Wildman–Crippen LogP) is 3.14. The van der Waals surface area contributed by atoms with Crippen molar-refractivity contribution in [2.45, 2.75) is 0 Å². The lowest BCUT2D eigenvalue weighted by molar-refractivity contribution is -0.111. The lowest BCUT2D eigenvalue weighted by atomic mass is 10.1. The molecular weight excluding hydrogens is 270 g/mol. The number of nitrogens with zero attached hydrogens (tertiary/aromatic N) is 2. The van der Waals surface area contributed by atoms with E-state index < -0.39 is 0 Å². The van der Waals surface area contributed by atoms with Crippen LogP contribution >= 0.6 is 11.3 Å². The molecule has 1 amide bonds. The molecule has 2 aromatic rings. The van der Waals surface area contributed by atoms with Crippen LogP contribution in [0.2, 0.25) is 0 Å². The van der Waals surface area contributed by atoms with E-state index in [1.165, 1.54) is 29.5 Å². The Morgan fingerprint density at radius 2 is 2.00 bits per heavy atom. The van der Waals surface area contributed by atoms with Gasteiger partial charge in [0.2, 0.25) is 5.91 Å². The molecule has 0 atom stereocenters. The smallest absolute Gasteiger partial charge is 0.248 e. The number of carbonyl (C=O) groups is 1. The largest absolute Gasteiger partial charge is 0.322 e. The third-order valence-electron chi connectivity index (χ3n) is 2.47. The molecular formula is C15H9N3OS. The van der Waals surface area contributed by atoms with E-state index in [2.05, 4.69) is 5.32 Å². The number of nitriles is 2. The predicted molar refractivity (Wildman–Crippen MR) is 77.9 cm³/mol. The highest BCUT2D eigenvalue weighted by Crippen LogP contribution is 2.15. The molecule has 0 saturated carbocycles. The first-order valence-corrected chi connectivity index (χ1v) is 6.57. The van der Waals surface area contributed by atoms with Crippen LogP contribution in [0.1, 0.15) is 16.0 Å². The van der Waals surface area contributed by atoms with Gasteiger partial charge in [-0.1, -0.05) is 6.07 Å². The van der Waals surface area contributed by atoms with Gasteiger partial charge in [0.25, 0.3) is 0 Å². The first-order chi connectivity index (χ1) is 9.72. The van der Waals surface area contributed by atoms with Crippen LogP contribution in [0.25, 0.3) is 6.08 Å². The monoisotopic (exact) mass is 279 g/mol. The van der Waals surface area contributed by atoms with Gasteiger partial charge in [-0.05, 0) is 35.7 Å². The third-order valence-corrected chi connectivity index (χ3v) is 3.31. The van der Waals surface area contributed by atoms with E-state index in [0.717, 1.165) is 4.88 Å². The molecule has 0 radical (unpaired) electrons. The summed E-state index contributed by atoms with van der Waals surface area (Å²) in [6, 6.07) is 12.2. The number of nitrogens with one attached hydrogen (secondary N) is 1. The summed E-state index contributed by atoms with van der Waals surface area (Å²) in [4.78, 5) is 12.7. The number of rotatable bonds is 3. The van der Waals surface area contributed by atoms with Crippen molar-refractivity contribution in [3.05, 3.63) is 57.8 Å². The molecule has 96 valence electrons. The van der Waals surface area contributed by atoms with Gasteiger partial charge in [-0.2, -0.15) is 10.5 Å². The van der Waals surface area contributed by atoms with Gasteiger partial charge in [0, 0.05) is 16.6 Å². The molecule has 1 N–H and O–H groups in total. The minimum atomic E-state index is -0.285. The first kappa shape index (κ1) is 13.5. The highest BCUT2D eigenvalue weighted by Gasteiger charge is 2.04. The molecule has 1 aromatic carbocycles. The van der Waals surface area contributed by atoms with Crippen molar-refractivity contribution in [2.24, 2.45) is 0 Å². The Bertz CT molecular complexity index is 733. The quantitative estimate of drug-likeness (QED) is 0.877. The molecule has 1 aromatic heterocycles. The van der Waals surface area contributed by atoms with Crippen molar-refractivity contribution in [3.8, 4) is 12.1 Å². The molecule has 20 heavy (non-hydrogen) atoms. The van der Waals surface area contributed by atoms with Crippen LogP contribution in [0.15, 0.2) is 41.8 Å². The first-order valence-electron chi connectivity index (χ1n) is 5.70.